The fourth-order valence-corrected chi connectivity index (χ4v) is 2.60. The Kier molecular flexibility index (Phi) is 4.10. The number of hydrazone groups is 1. The lowest BCUT2D eigenvalue weighted by molar-refractivity contribution is -0.137. The van der Waals surface area contributed by atoms with Crippen LogP contribution in [0.15, 0.2) is 17.4 Å². The minimum atomic E-state index is -4.53. The van der Waals surface area contributed by atoms with Gasteiger partial charge in [0.2, 0.25) is 5.90 Å². The molecule has 9 heteroatoms. The van der Waals surface area contributed by atoms with Crippen molar-refractivity contribution in [2.45, 2.75) is 25.4 Å². The number of rotatable bonds is 2. The zero-order valence-corrected chi connectivity index (χ0v) is 12.2. The van der Waals surface area contributed by atoms with E-state index in [2.05, 4.69) is 15.5 Å². The van der Waals surface area contributed by atoms with Gasteiger partial charge in [0.05, 0.1) is 11.1 Å². The minimum absolute atomic E-state index is 0.0682. The van der Waals surface area contributed by atoms with Crippen LogP contribution in [0.25, 0.3) is 0 Å². The predicted molar refractivity (Wildman–Crippen MR) is 75.9 cm³/mol. The molecule has 1 aromatic heterocycles. The monoisotopic (exact) mass is 328 g/mol. The van der Waals surface area contributed by atoms with Crippen LogP contribution in [-0.4, -0.2) is 36.5 Å². The Morgan fingerprint density at radius 1 is 1.22 bits per heavy atom. The number of piperidine rings is 1. The Balaban J connectivity index is 1.97. The summed E-state index contributed by atoms with van der Waals surface area (Å²) < 4.78 is 45.2. The van der Waals surface area contributed by atoms with E-state index in [-0.39, 0.29) is 23.9 Å². The maximum Gasteiger partial charge on any atom is 0.419 e. The highest BCUT2D eigenvalue weighted by Crippen LogP contribution is 2.37. The van der Waals surface area contributed by atoms with Crippen molar-refractivity contribution in [2.24, 2.45) is 5.10 Å². The number of nitrogens with zero attached hydrogens (tertiary/aromatic N) is 3. The first kappa shape index (κ1) is 15.6. The van der Waals surface area contributed by atoms with Crippen molar-refractivity contribution in [1.29, 1.82) is 0 Å². The summed E-state index contributed by atoms with van der Waals surface area (Å²) in [5.41, 5.74) is 1.43. The average Bonchev–Trinajstić information content (AvgIpc) is 2.55. The summed E-state index contributed by atoms with van der Waals surface area (Å²) in [5, 5.41) is 3.62. The fraction of sp³-hybridized carbons (Fsp3) is 0.500. The van der Waals surface area contributed by atoms with Crippen molar-refractivity contribution in [2.75, 3.05) is 24.6 Å². The van der Waals surface area contributed by atoms with Crippen LogP contribution >= 0.6 is 0 Å². The van der Waals surface area contributed by atoms with E-state index in [0.717, 1.165) is 25.3 Å². The quantitative estimate of drug-likeness (QED) is 0.900. The standard InChI is InChI=1S/C14H15F3N4O2/c15-14(16,17)10-6-9(13-20-19-11(22)8-23-13)7-18-12(10)21-4-2-1-3-5-21/h6-7H,1-5,8H2,(H,19,22). The lowest BCUT2D eigenvalue weighted by Gasteiger charge is -2.30. The SMILES string of the molecule is O=C1COC(c2cnc(N3CCCCC3)c(C(F)(F)F)c2)=NN1. The number of amides is 1. The molecule has 1 amide bonds. The predicted octanol–water partition coefficient (Wildman–Crippen LogP) is 1.90. The Morgan fingerprint density at radius 2 is 1.96 bits per heavy atom. The summed E-state index contributed by atoms with van der Waals surface area (Å²) in [7, 11) is 0. The van der Waals surface area contributed by atoms with Crippen LogP contribution in [0.3, 0.4) is 0 Å². The molecule has 0 aliphatic carbocycles. The lowest BCUT2D eigenvalue weighted by atomic mass is 10.1. The highest BCUT2D eigenvalue weighted by atomic mass is 19.4. The van der Waals surface area contributed by atoms with Gasteiger partial charge in [0.1, 0.15) is 5.82 Å². The maximum absolute atomic E-state index is 13.4. The van der Waals surface area contributed by atoms with E-state index < -0.39 is 17.6 Å². The van der Waals surface area contributed by atoms with Gasteiger partial charge in [-0.25, -0.2) is 10.4 Å². The first-order valence-electron chi connectivity index (χ1n) is 7.27. The Labute approximate surface area is 130 Å². The zero-order chi connectivity index (χ0) is 16.4. The first-order valence-corrected chi connectivity index (χ1v) is 7.27. The Bertz CT molecular complexity index is 639. The van der Waals surface area contributed by atoms with Crippen LogP contribution in [0.2, 0.25) is 0 Å². The summed E-state index contributed by atoms with van der Waals surface area (Å²) in [6.45, 7) is 0.833. The molecule has 0 spiro atoms. The number of aromatic nitrogens is 1. The van der Waals surface area contributed by atoms with Gasteiger partial charge in [0.15, 0.2) is 6.61 Å². The van der Waals surface area contributed by atoms with Crippen molar-refractivity contribution in [1.82, 2.24) is 10.4 Å². The van der Waals surface area contributed by atoms with Crippen LogP contribution in [0, 0.1) is 0 Å². The third-order valence-electron chi connectivity index (χ3n) is 3.70. The van der Waals surface area contributed by atoms with E-state index in [0.29, 0.717) is 13.1 Å². The Hall–Kier alpha value is -2.32. The molecule has 1 fully saturated rings. The summed E-state index contributed by atoms with van der Waals surface area (Å²) >= 11 is 0. The topological polar surface area (TPSA) is 66.8 Å². The maximum atomic E-state index is 13.4. The van der Waals surface area contributed by atoms with E-state index in [4.69, 9.17) is 4.74 Å². The zero-order valence-electron chi connectivity index (χ0n) is 12.2. The largest absolute Gasteiger partial charge is 0.466 e. The number of anilines is 1. The number of nitrogens with one attached hydrogen (secondary N) is 1. The molecule has 0 unspecified atom stereocenters. The van der Waals surface area contributed by atoms with Crippen molar-refractivity contribution in [3.8, 4) is 0 Å². The highest BCUT2D eigenvalue weighted by molar-refractivity contribution is 5.98. The number of hydrogen-bond donors (Lipinski definition) is 1. The van der Waals surface area contributed by atoms with Gasteiger partial charge in [-0.1, -0.05) is 0 Å². The molecule has 6 nitrogen and oxygen atoms in total. The van der Waals surface area contributed by atoms with Gasteiger partial charge < -0.3 is 9.64 Å². The third kappa shape index (κ3) is 3.38. The molecule has 3 rings (SSSR count). The number of alkyl halides is 3. The number of ether oxygens (including phenoxy) is 1. The molecular weight excluding hydrogens is 313 g/mol. The number of carbonyl (C=O) groups excluding carboxylic acids is 1. The second-order valence-electron chi connectivity index (χ2n) is 5.38. The summed E-state index contributed by atoms with van der Waals surface area (Å²) in [6.07, 6.45) is -0.533. The molecule has 1 aromatic rings. The molecule has 3 heterocycles. The van der Waals surface area contributed by atoms with Crippen LogP contribution < -0.4 is 10.3 Å². The first-order chi connectivity index (χ1) is 10.9. The van der Waals surface area contributed by atoms with E-state index >= 15 is 0 Å². The van der Waals surface area contributed by atoms with Crippen LogP contribution in [0.1, 0.15) is 30.4 Å². The van der Waals surface area contributed by atoms with Crippen LogP contribution in [-0.2, 0) is 15.7 Å². The fourth-order valence-electron chi connectivity index (χ4n) is 2.60. The van der Waals surface area contributed by atoms with Gasteiger partial charge in [-0.2, -0.15) is 13.2 Å². The van der Waals surface area contributed by atoms with Gasteiger partial charge in [-0.05, 0) is 25.3 Å². The van der Waals surface area contributed by atoms with Gasteiger partial charge in [-0.3, -0.25) is 4.79 Å². The lowest BCUT2D eigenvalue weighted by Crippen LogP contribution is -2.34. The van der Waals surface area contributed by atoms with Crippen molar-refractivity contribution < 1.29 is 22.7 Å². The van der Waals surface area contributed by atoms with Gasteiger partial charge in [0.25, 0.3) is 5.91 Å². The van der Waals surface area contributed by atoms with E-state index in [1.807, 2.05) is 0 Å². The van der Waals surface area contributed by atoms with Gasteiger partial charge >= 0.3 is 6.18 Å². The van der Waals surface area contributed by atoms with E-state index in [1.54, 1.807) is 4.90 Å². The molecule has 0 atom stereocenters. The molecule has 2 aliphatic rings. The van der Waals surface area contributed by atoms with E-state index in [1.165, 1.54) is 6.20 Å². The molecule has 1 saturated heterocycles. The highest BCUT2D eigenvalue weighted by Gasteiger charge is 2.37. The third-order valence-corrected chi connectivity index (χ3v) is 3.70. The van der Waals surface area contributed by atoms with E-state index in [9.17, 15) is 18.0 Å². The molecule has 2 aliphatic heterocycles. The molecular formula is C14H15F3N4O2. The van der Waals surface area contributed by atoms with Crippen molar-refractivity contribution in [3.05, 3.63) is 23.4 Å². The molecule has 0 saturated carbocycles. The minimum Gasteiger partial charge on any atom is -0.466 e. The summed E-state index contributed by atoms with van der Waals surface area (Å²) in [5.74, 6) is -0.600. The molecule has 0 aromatic carbocycles. The molecule has 124 valence electrons. The molecule has 23 heavy (non-hydrogen) atoms. The number of halogens is 3. The second-order valence-corrected chi connectivity index (χ2v) is 5.38. The summed E-state index contributed by atoms with van der Waals surface area (Å²) in [6, 6.07) is 0.966. The average molecular weight is 328 g/mol. The van der Waals surface area contributed by atoms with Gasteiger partial charge in [-0.15, -0.1) is 5.10 Å². The molecule has 1 N–H and O–H groups in total. The Morgan fingerprint density at radius 3 is 2.57 bits per heavy atom. The molecule has 0 radical (unpaired) electrons. The second kappa shape index (κ2) is 6.05. The smallest absolute Gasteiger partial charge is 0.419 e. The normalized spacial score (nSPS) is 19.0. The summed E-state index contributed by atoms with van der Waals surface area (Å²) in [4.78, 5) is 16.6. The van der Waals surface area contributed by atoms with Crippen LogP contribution in [0.5, 0.6) is 0 Å². The molecule has 0 bridgehead atoms. The number of pyridine rings is 1. The van der Waals surface area contributed by atoms with Gasteiger partial charge in [0, 0.05) is 19.3 Å². The van der Waals surface area contributed by atoms with Crippen LogP contribution in [0.4, 0.5) is 19.0 Å². The van der Waals surface area contributed by atoms with Crippen molar-refractivity contribution >= 4 is 17.6 Å². The number of hydrogen-bond acceptors (Lipinski definition) is 5. The van der Waals surface area contributed by atoms with Crippen molar-refractivity contribution in [3.63, 3.8) is 0 Å². The number of carbonyl (C=O) groups is 1.